The van der Waals surface area contributed by atoms with E-state index in [0.29, 0.717) is 0 Å². The lowest BCUT2D eigenvalue weighted by atomic mass is 9.32. The minimum atomic E-state index is -1.95. The van der Waals surface area contributed by atoms with E-state index < -0.39 is 53.9 Å². The van der Waals surface area contributed by atoms with Crippen LogP contribution in [0.5, 0.6) is 0 Å². The Morgan fingerprint density at radius 2 is 0.375 bits per heavy atom. The highest BCUT2D eigenvalue weighted by Crippen LogP contribution is 2.52. The van der Waals surface area contributed by atoms with Crippen LogP contribution in [0.4, 0.5) is 102 Å². The van der Waals surface area contributed by atoms with Crippen LogP contribution in [-0.4, -0.2) is 68.6 Å². The predicted octanol–water partition coefficient (Wildman–Crippen LogP) is 21.5. The number of aryl methyl sites for hydroxylation is 3. The molecule has 6 aliphatic rings. The molecule has 0 radical (unpaired) electrons. The Bertz CT molecular complexity index is 6960. The molecule has 1 unspecified atom stereocenters. The summed E-state index contributed by atoms with van der Waals surface area (Å²) in [5, 5.41) is 8.73. The van der Waals surface area contributed by atoms with Crippen LogP contribution in [0.1, 0.15) is 40.3 Å². The third-order valence-corrected chi connectivity index (χ3v) is 41.5. The van der Waals surface area contributed by atoms with Crippen LogP contribution in [0.25, 0.3) is 0 Å². The van der Waals surface area contributed by atoms with Gasteiger partial charge in [0.2, 0.25) is 0 Å². The highest BCUT2D eigenvalue weighted by atomic mass is 28.3. The normalized spacial score (nSPS) is 14.7. The monoisotopic (exact) mass is 1760 g/mol. The van der Waals surface area contributed by atoms with Crippen molar-refractivity contribution >= 4 is 251 Å². The van der Waals surface area contributed by atoms with Crippen molar-refractivity contribution < 1.29 is 0 Å². The standard InChI is InChI=1S/C113H117B3N6Si6/c1-74-32-40-80(41-33-74)117-100-64-38-78(70-94(100)115-97-73-91(128(20,21)22)61-67-103(97)122(109-31-24-28-106(117)111(109)115)85-50-58-89(59-51-85)126(14,15)16)113(4,77-37-63-99-93(69-77)114-92-68-76(3)36-62-98(92)119(82-44-52-86(53-45-82)123(5,6)7)104-26-23-27-105(110(104)114)120(99)83-46-54-87(55-47-83)124(8,9)10)79-39-65-101-95(71-79)116-96-72-90(127(17,18)19)60-66-102(96)118(81-42-34-75(2)35-43-81)107-29-25-30-108(112(107)116)121(101)84-48-56-88(57-49-84)125(11,12)13/h23-73H,1-22H3. The van der Waals surface area contributed by atoms with E-state index in [-0.39, 0.29) is 20.1 Å². The van der Waals surface area contributed by atoms with Gasteiger partial charge < -0.3 is 29.4 Å². The molecule has 128 heavy (non-hydrogen) atoms. The fourth-order valence-corrected chi connectivity index (χ4v) is 28.8. The van der Waals surface area contributed by atoms with E-state index in [1.807, 2.05) is 0 Å². The van der Waals surface area contributed by atoms with Crippen molar-refractivity contribution in [3.05, 3.63) is 343 Å². The van der Waals surface area contributed by atoms with Crippen molar-refractivity contribution in [3.8, 4) is 0 Å². The maximum Gasteiger partial charge on any atom is 0.252 e. The Morgan fingerprint density at radius 1 is 0.188 bits per heavy atom. The zero-order valence-corrected chi connectivity index (χ0v) is 84.9. The zero-order chi connectivity index (χ0) is 89.3. The summed E-state index contributed by atoms with van der Waals surface area (Å²) in [6.45, 7) is 53.7. The molecule has 21 rings (SSSR count). The van der Waals surface area contributed by atoms with Gasteiger partial charge in [-0.15, -0.1) is 0 Å². The summed E-state index contributed by atoms with van der Waals surface area (Å²) in [7, 11) is -10.6. The van der Waals surface area contributed by atoms with Gasteiger partial charge in [-0.25, -0.2) is 0 Å². The second-order valence-corrected chi connectivity index (χ2v) is 74.3. The predicted molar refractivity (Wildman–Crippen MR) is 579 cm³/mol. The van der Waals surface area contributed by atoms with E-state index in [2.05, 4.69) is 484 Å². The second kappa shape index (κ2) is 29.8. The summed E-state index contributed by atoms with van der Waals surface area (Å²) >= 11 is 0. The van der Waals surface area contributed by atoms with E-state index in [1.165, 1.54) is 193 Å². The zero-order valence-electron chi connectivity index (χ0n) is 78.9. The van der Waals surface area contributed by atoms with Crippen LogP contribution >= 0.6 is 0 Å². The van der Waals surface area contributed by atoms with Crippen LogP contribution in [0.15, 0.2) is 309 Å². The highest BCUT2D eigenvalue weighted by molar-refractivity contribution is 7.03. The van der Waals surface area contributed by atoms with Crippen LogP contribution < -0.4 is 110 Å². The van der Waals surface area contributed by atoms with Crippen molar-refractivity contribution in [1.29, 1.82) is 0 Å². The topological polar surface area (TPSA) is 19.4 Å². The van der Waals surface area contributed by atoms with Crippen LogP contribution in [-0.2, 0) is 5.41 Å². The van der Waals surface area contributed by atoms with Gasteiger partial charge >= 0.3 is 0 Å². The molecular formula is C113H117B3N6Si6. The van der Waals surface area contributed by atoms with E-state index in [0.717, 1.165) is 22.7 Å². The number of hydrogen-bond donors (Lipinski definition) is 0. The van der Waals surface area contributed by atoms with E-state index in [1.54, 1.807) is 0 Å². The number of rotatable bonds is 15. The quantitative estimate of drug-likeness (QED) is 0.0747. The van der Waals surface area contributed by atoms with Crippen molar-refractivity contribution in [2.24, 2.45) is 0 Å². The van der Waals surface area contributed by atoms with Crippen LogP contribution in [0.3, 0.4) is 0 Å². The van der Waals surface area contributed by atoms with Gasteiger partial charge in [0, 0.05) is 108 Å². The molecule has 6 aliphatic heterocycles. The fraction of sp³-hybridized carbons (Fsp3) is 0.204. The lowest BCUT2D eigenvalue weighted by molar-refractivity contribution is 0.694. The first-order chi connectivity index (χ1) is 60.9. The Labute approximate surface area is 768 Å². The average molecular weight is 1760 g/mol. The summed E-state index contributed by atoms with van der Waals surface area (Å²) in [6, 6.07) is 125. The maximum atomic E-state index is 2.73. The summed E-state index contributed by atoms with van der Waals surface area (Å²) in [6.07, 6.45) is 0. The molecule has 0 N–H and O–H groups in total. The molecule has 0 aromatic heterocycles. The molecule has 0 fully saturated rings. The average Bonchev–Trinajstić information content (AvgIpc) is 0.695. The SMILES string of the molecule is Cc1ccc(N2c3ccc(C(C)(c4ccc5c(c4)B4c6cc(C)ccc6N(c6ccc([Si](C)(C)C)cc6)c6cccc(c64)N5c4ccc([Si](C)(C)C)cc4)c4ccc5c(c4)B4c6cc([Si](C)(C)C)ccc6N(c6ccc(C)cc6)c6cccc(c64)N5c4ccc([Si](C)(C)C)cc4)cc3B3c4cc([Si](C)(C)C)ccc4N(c4ccc([Si](C)(C)C)cc4)c4cccc2c43)cc1. The molecule has 0 spiro atoms. The molecular weight excluding hydrogens is 1640 g/mol. The van der Waals surface area contributed by atoms with E-state index in [4.69, 9.17) is 0 Å². The Morgan fingerprint density at radius 3 is 0.609 bits per heavy atom. The van der Waals surface area contributed by atoms with Gasteiger partial charge in [-0.1, -0.05) is 329 Å². The summed E-state index contributed by atoms with van der Waals surface area (Å²) in [5.74, 6) is 0. The van der Waals surface area contributed by atoms with Crippen molar-refractivity contribution in [2.75, 3.05) is 29.4 Å². The van der Waals surface area contributed by atoms with Gasteiger partial charge in [-0.05, 0) is 239 Å². The molecule has 0 amide bonds. The molecule has 0 saturated carbocycles. The lowest BCUT2D eigenvalue weighted by Gasteiger charge is -2.46. The molecule has 0 bridgehead atoms. The smallest absolute Gasteiger partial charge is 0.252 e. The Hall–Kier alpha value is -11.4. The molecule has 6 nitrogen and oxygen atoms in total. The minimum absolute atomic E-state index is 0.141. The number of anilines is 18. The van der Waals surface area contributed by atoms with E-state index >= 15 is 0 Å². The molecule has 1 atom stereocenters. The molecule has 15 aromatic rings. The Balaban J connectivity index is 0.868. The first kappa shape index (κ1) is 83.5. The van der Waals surface area contributed by atoms with Crippen LogP contribution in [0.2, 0.25) is 118 Å². The van der Waals surface area contributed by atoms with Crippen molar-refractivity contribution in [2.45, 2.75) is 151 Å². The lowest BCUT2D eigenvalue weighted by Crippen LogP contribution is -2.62. The maximum absolute atomic E-state index is 2.73. The molecule has 0 aliphatic carbocycles. The summed E-state index contributed by atoms with van der Waals surface area (Å²) < 4.78 is 0. The van der Waals surface area contributed by atoms with Gasteiger partial charge in [0.15, 0.2) is 0 Å². The highest BCUT2D eigenvalue weighted by Gasteiger charge is 2.51. The van der Waals surface area contributed by atoms with Gasteiger partial charge in [0.05, 0.1) is 48.4 Å². The first-order valence-electron chi connectivity index (χ1n) is 46.5. The van der Waals surface area contributed by atoms with E-state index in [9.17, 15) is 0 Å². The summed E-state index contributed by atoms with van der Waals surface area (Å²) in [5.41, 5.74) is 40.1. The second-order valence-electron chi connectivity index (χ2n) is 43.9. The Kier molecular flexibility index (Phi) is 19.5. The fourth-order valence-electron chi connectivity index (χ4n) is 21.8. The minimum Gasteiger partial charge on any atom is -0.311 e. The number of hydrogen-bond acceptors (Lipinski definition) is 6. The molecule has 632 valence electrons. The molecule has 6 heterocycles. The first-order valence-corrected chi connectivity index (χ1v) is 67.5. The number of nitrogens with zero attached hydrogens (tertiary/aromatic N) is 6. The number of fused-ring (bicyclic) bond motifs is 12. The molecule has 0 saturated heterocycles. The van der Waals surface area contributed by atoms with Gasteiger partial charge in [0.25, 0.3) is 20.1 Å². The largest absolute Gasteiger partial charge is 0.311 e. The van der Waals surface area contributed by atoms with Crippen molar-refractivity contribution in [1.82, 2.24) is 0 Å². The van der Waals surface area contributed by atoms with Gasteiger partial charge in [0.1, 0.15) is 0 Å². The third-order valence-electron chi connectivity index (χ3n) is 29.1. The van der Waals surface area contributed by atoms with Crippen LogP contribution in [0, 0.1) is 20.8 Å². The molecule has 15 aromatic carbocycles. The summed E-state index contributed by atoms with van der Waals surface area (Å²) in [4.78, 5) is 15.7. The number of benzene rings is 15. The van der Waals surface area contributed by atoms with Gasteiger partial charge in [-0.2, -0.15) is 0 Å². The van der Waals surface area contributed by atoms with Gasteiger partial charge in [-0.3, -0.25) is 0 Å². The third kappa shape index (κ3) is 13.5. The molecule has 15 heteroatoms. The van der Waals surface area contributed by atoms with Crippen molar-refractivity contribution in [3.63, 3.8) is 0 Å².